The van der Waals surface area contributed by atoms with Gasteiger partial charge in [0.15, 0.2) is 6.61 Å². The zero-order valence-corrected chi connectivity index (χ0v) is 17.5. The van der Waals surface area contributed by atoms with Gasteiger partial charge in [0, 0.05) is 18.8 Å². The van der Waals surface area contributed by atoms with Crippen molar-refractivity contribution >= 4 is 35.5 Å². The van der Waals surface area contributed by atoms with E-state index in [-0.39, 0.29) is 19.0 Å². The number of esters is 1. The molecule has 0 atom stereocenters. The summed E-state index contributed by atoms with van der Waals surface area (Å²) < 4.78 is 4.85. The number of benzene rings is 2. The van der Waals surface area contributed by atoms with Crippen LogP contribution >= 0.6 is 0 Å². The average Bonchev–Trinajstić information content (AvgIpc) is 2.76. The van der Waals surface area contributed by atoms with Crippen molar-refractivity contribution in [2.45, 2.75) is 6.92 Å². The number of nitrogens with one attached hydrogen (secondary N) is 2. The molecule has 2 rings (SSSR count). The van der Waals surface area contributed by atoms with Gasteiger partial charge < -0.3 is 20.3 Å². The van der Waals surface area contributed by atoms with E-state index < -0.39 is 24.4 Å². The van der Waals surface area contributed by atoms with Crippen molar-refractivity contribution in [1.82, 2.24) is 10.2 Å². The van der Waals surface area contributed by atoms with Crippen LogP contribution < -0.4 is 10.6 Å². The summed E-state index contributed by atoms with van der Waals surface area (Å²) in [5, 5.41) is 5.06. The summed E-state index contributed by atoms with van der Waals surface area (Å²) in [6, 6.07) is 16.5. The van der Waals surface area contributed by atoms with E-state index in [1.807, 2.05) is 49.4 Å². The zero-order valence-electron chi connectivity index (χ0n) is 17.5. The lowest BCUT2D eigenvalue weighted by atomic mass is 10.2. The van der Waals surface area contributed by atoms with Crippen molar-refractivity contribution in [2.75, 3.05) is 32.1 Å². The molecule has 0 aliphatic rings. The Balaban J connectivity index is 1.66. The van der Waals surface area contributed by atoms with Crippen LogP contribution in [-0.2, 0) is 23.9 Å². The largest absolute Gasteiger partial charge is 0.454 e. The van der Waals surface area contributed by atoms with Gasteiger partial charge in [-0.2, -0.15) is 0 Å². The molecular formula is C23H25N3O5. The Morgan fingerprint density at radius 3 is 2.35 bits per heavy atom. The summed E-state index contributed by atoms with van der Waals surface area (Å²) in [4.78, 5) is 48.7. The van der Waals surface area contributed by atoms with Gasteiger partial charge in [0.1, 0.15) is 6.54 Å². The molecule has 0 unspecified atom stereocenters. The van der Waals surface area contributed by atoms with Gasteiger partial charge >= 0.3 is 5.97 Å². The number of anilines is 1. The average molecular weight is 423 g/mol. The highest BCUT2D eigenvalue weighted by molar-refractivity contribution is 5.95. The van der Waals surface area contributed by atoms with Crippen LogP contribution in [0.3, 0.4) is 0 Å². The van der Waals surface area contributed by atoms with Crippen LogP contribution in [-0.4, -0.2) is 55.3 Å². The first-order valence-corrected chi connectivity index (χ1v) is 9.60. The molecule has 0 aliphatic heterocycles. The fourth-order valence-corrected chi connectivity index (χ4v) is 2.40. The molecule has 0 radical (unpaired) electrons. The van der Waals surface area contributed by atoms with Crippen LogP contribution in [0, 0.1) is 6.92 Å². The van der Waals surface area contributed by atoms with Crippen LogP contribution in [0.1, 0.15) is 11.1 Å². The minimum Gasteiger partial charge on any atom is -0.454 e. The van der Waals surface area contributed by atoms with Crippen molar-refractivity contribution < 1.29 is 23.9 Å². The summed E-state index contributed by atoms with van der Waals surface area (Å²) >= 11 is 0. The van der Waals surface area contributed by atoms with E-state index in [4.69, 9.17) is 4.74 Å². The third-order valence-corrected chi connectivity index (χ3v) is 4.13. The molecule has 2 aromatic carbocycles. The number of nitrogens with zero attached hydrogens (tertiary/aromatic N) is 1. The van der Waals surface area contributed by atoms with E-state index in [0.717, 1.165) is 16.0 Å². The molecule has 0 heterocycles. The predicted molar refractivity (Wildman–Crippen MR) is 117 cm³/mol. The van der Waals surface area contributed by atoms with Crippen molar-refractivity contribution in [3.63, 3.8) is 0 Å². The standard InChI is InChI=1S/C23H25N3O5/c1-17-8-11-19(12-9-17)25-21(28)15-26(2)22(29)16-31-23(30)14-24-20(27)13-10-18-6-4-3-5-7-18/h3-13H,14-16H2,1-2H3,(H,24,27)(H,25,28)/b13-10+. The molecule has 0 aromatic heterocycles. The maximum Gasteiger partial charge on any atom is 0.325 e. The van der Waals surface area contributed by atoms with Gasteiger partial charge in [-0.05, 0) is 30.7 Å². The summed E-state index contributed by atoms with van der Waals surface area (Å²) in [6.45, 7) is 0.850. The fourth-order valence-electron chi connectivity index (χ4n) is 2.40. The number of rotatable bonds is 9. The molecule has 31 heavy (non-hydrogen) atoms. The highest BCUT2D eigenvalue weighted by atomic mass is 16.5. The molecule has 0 aliphatic carbocycles. The van der Waals surface area contributed by atoms with Gasteiger partial charge in [-0.3, -0.25) is 19.2 Å². The van der Waals surface area contributed by atoms with E-state index in [1.165, 1.54) is 13.1 Å². The van der Waals surface area contributed by atoms with Crippen molar-refractivity contribution in [3.8, 4) is 0 Å². The van der Waals surface area contributed by atoms with Gasteiger partial charge in [-0.1, -0.05) is 48.0 Å². The van der Waals surface area contributed by atoms with E-state index >= 15 is 0 Å². The van der Waals surface area contributed by atoms with Gasteiger partial charge in [0.05, 0.1) is 6.54 Å². The molecule has 3 amide bonds. The monoisotopic (exact) mass is 423 g/mol. The Morgan fingerprint density at radius 2 is 1.68 bits per heavy atom. The SMILES string of the molecule is Cc1ccc(NC(=O)CN(C)C(=O)COC(=O)CNC(=O)/C=C/c2ccccc2)cc1. The van der Waals surface area contributed by atoms with E-state index in [2.05, 4.69) is 10.6 Å². The Labute approximate surface area is 180 Å². The Morgan fingerprint density at radius 1 is 1.00 bits per heavy atom. The Kier molecular flexibility index (Phi) is 8.97. The summed E-state index contributed by atoms with van der Waals surface area (Å²) in [7, 11) is 1.43. The molecular weight excluding hydrogens is 398 g/mol. The Hall–Kier alpha value is -3.94. The lowest BCUT2D eigenvalue weighted by molar-refractivity contribution is -0.151. The highest BCUT2D eigenvalue weighted by Crippen LogP contribution is 2.08. The lowest BCUT2D eigenvalue weighted by Crippen LogP contribution is -2.38. The van der Waals surface area contributed by atoms with Crippen LogP contribution in [0.15, 0.2) is 60.7 Å². The molecule has 2 aromatic rings. The first kappa shape index (κ1) is 23.3. The molecule has 0 fully saturated rings. The van der Waals surface area contributed by atoms with Crippen molar-refractivity contribution in [2.24, 2.45) is 0 Å². The second-order valence-electron chi connectivity index (χ2n) is 6.79. The first-order chi connectivity index (χ1) is 14.8. The molecule has 0 saturated heterocycles. The van der Waals surface area contributed by atoms with Crippen LogP contribution in [0.4, 0.5) is 5.69 Å². The maximum absolute atomic E-state index is 12.0. The second-order valence-corrected chi connectivity index (χ2v) is 6.79. The number of likely N-dealkylation sites (N-methyl/N-ethyl adjacent to an activating group) is 1. The summed E-state index contributed by atoms with van der Waals surface area (Å²) in [5.41, 5.74) is 2.54. The molecule has 8 heteroatoms. The number of amides is 3. The molecule has 0 spiro atoms. The smallest absolute Gasteiger partial charge is 0.325 e. The minimum atomic E-state index is -0.757. The first-order valence-electron chi connectivity index (χ1n) is 9.60. The third kappa shape index (κ3) is 8.95. The van der Waals surface area contributed by atoms with Crippen molar-refractivity contribution in [1.29, 1.82) is 0 Å². The van der Waals surface area contributed by atoms with E-state index in [9.17, 15) is 19.2 Å². The van der Waals surface area contributed by atoms with Gasteiger partial charge in [0.2, 0.25) is 11.8 Å². The molecule has 8 nitrogen and oxygen atoms in total. The number of hydrogen-bond acceptors (Lipinski definition) is 5. The van der Waals surface area contributed by atoms with Crippen LogP contribution in [0.5, 0.6) is 0 Å². The summed E-state index contributed by atoms with van der Waals surface area (Å²) in [5.74, 6) is -2.13. The van der Waals surface area contributed by atoms with Gasteiger partial charge in [-0.25, -0.2) is 0 Å². The molecule has 162 valence electrons. The second kappa shape index (κ2) is 11.9. The predicted octanol–water partition coefficient (Wildman–Crippen LogP) is 1.76. The summed E-state index contributed by atoms with van der Waals surface area (Å²) in [6.07, 6.45) is 2.91. The zero-order chi connectivity index (χ0) is 22.6. The molecule has 2 N–H and O–H groups in total. The normalized spacial score (nSPS) is 10.4. The fraction of sp³-hybridized carbons (Fsp3) is 0.217. The topological polar surface area (TPSA) is 105 Å². The number of ether oxygens (including phenoxy) is 1. The van der Waals surface area contributed by atoms with Crippen LogP contribution in [0.2, 0.25) is 0 Å². The number of carbonyl (C=O) groups excluding carboxylic acids is 4. The number of carbonyl (C=O) groups is 4. The van der Waals surface area contributed by atoms with Gasteiger partial charge in [0.25, 0.3) is 5.91 Å². The maximum atomic E-state index is 12.0. The minimum absolute atomic E-state index is 0.189. The highest BCUT2D eigenvalue weighted by Gasteiger charge is 2.15. The molecule has 0 bridgehead atoms. The van der Waals surface area contributed by atoms with E-state index in [1.54, 1.807) is 18.2 Å². The van der Waals surface area contributed by atoms with E-state index in [0.29, 0.717) is 5.69 Å². The van der Waals surface area contributed by atoms with Gasteiger partial charge in [-0.15, -0.1) is 0 Å². The van der Waals surface area contributed by atoms with Crippen LogP contribution in [0.25, 0.3) is 6.08 Å². The third-order valence-electron chi connectivity index (χ3n) is 4.13. The Bertz CT molecular complexity index is 939. The van der Waals surface area contributed by atoms with Crippen molar-refractivity contribution in [3.05, 3.63) is 71.8 Å². The molecule has 0 saturated carbocycles. The number of aryl methyl sites for hydroxylation is 1. The number of hydrogen-bond donors (Lipinski definition) is 2. The lowest BCUT2D eigenvalue weighted by Gasteiger charge is -2.17. The quantitative estimate of drug-likeness (QED) is 0.472.